The summed E-state index contributed by atoms with van der Waals surface area (Å²) >= 11 is 0. The Hall–Kier alpha value is -3.03. The lowest BCUT2D eigenvalue weighted by molar-refractivity contribution is -0.142. The van der Waals surface area contributed by atoms with Crippen molar-refractivity contribution < 1.29 is 33.3 Å². The predicted octanol–water partition coefficient (Wildman–Crippen LogP) is 1.39. The van der Waals surface area contributed by atoms with Crippen molar-refractivity contribution in [1.29, 1.82) is 0 Å². The van der Waals surface area contributed by atoms with Gasteiger partial charge in [-0.15, -0.1) is 0 Å². The Labute approximate surface area is 144 Å². The minimum Gasteiger partial charge on any atom is -0.493 e. The quantitative estimate of drug-likeness (QED) is 0.802. The van der Waals surface area contributed by atoms with Gasteiger partial charge in [0, 0.05) is 19.4 Å². The highest BCUT2D eigenvalue weighted by Gasteiger charge is 2.51. The molecule has 0 radical (unpaired) electrons. The Kier molecular flexibility index (Phi) is 5.01. The number of rotatable bonds is 5. The van der Waals surface area contributed by atoms with Crippen LogP contribution in [0.5, 0.6) is 11.5 Å². The number of hydrogen-bond acceptors (Lipinski definition) is 7. The number of nitrogens with one attached hydrogen (secondary N) is 1. The first-order chi connectivity index (χ1) is 11.7. The molecule has 0 fully saturated rings. The van der Waals surface area contributed by atoms with Crippen LogP contribution < -0.4 is 14.8 Å². The second kappa shape index (κ2) is 6.84. The fourth-order valence-corrected chi connectivity index (χ4v) is 2.54. The summed E-state index contributed by atoms with van der Waals surface area (Å²) in [6.45, 7) is 3.88. The molecule has 1 aliphatic rings. The predicted molar refractivity (Wildman–Crippen MR) is 85.6 cm³/mol. The first-order valence-corrected chi connectivity index (χ1v) is 7.40. The molecule has 0 saturated heterocycles. The number of ether oxygens (including phenoxy) is 4. The monoisotopic (exact) mass is 349 g/mol. The van der Waals surface area contributed by atoms with Gasteiger partial charge in [0.1, 0.15) is 0 Å². The lowest BCUT2D eigenvalue weighted by Gasteiger charge is -2.26. The van der Waals surface area contributed by atoms with Crippen LogP contribution in [0.4, 0.5) is 0 Å². The Balaban J connectivity index is 2.55. The Morgan fingerprint density at radius 1 is 1.16 bits per heavy atom. The number of hydrogen-bond donors (Lipinski definition) is 1. The van der Waals surface area contributed by atoms with Crippen molar-refractivity contribution in [3.05, 3.63) is 35.4 Å². The molecule has 1 amide bonds. The summed E-state index contributed by atoms with van der Waals surface area (Å²) in [4.78, 5) is 35.6. The van der Waals surface area contributed by atoms with E-state index >= 15 is 0 Å². The van der Waals surface area contributed by atoms with Crippen LogP contribution in [0.3, 0.4) is 0 Å². The van der Waals surface area contributed by atoms with Crippen molar-refractivity contribution >= 4 is 17.7 Å². The third kappa shape index (κ3) is 3.28. The highest BCUT2D eigenvalue weighted by molar-refractivity contribution is 6.05. The average molecular weight is 349 g/mol. The minimum atomic E-state index is -1.57. The van der Waals surface area contributed by atoms with Crippen molar-refractivity contribution in [3.63, 3.8) is 0 Å². The number of carbonyl (C=O) groups excluding carboxylic acids is 3. The zero-order chi connectivity index (χ0) is 18.8. The average Bonchev–Trinajstić information content (AvgIpc) is 2.78. The molecular weight excluding hydrogens is 330 g/mol. The van der Waals surface area contributed by atoms with Crippen LogP contribution in [-0.4, -0.2) is 31.9 Å². The van der Waals surface area contributed by atoms with Gasteiger partial charge in [-0.1, -0.05) is 12.1 Å². The van der Waals surface area contributed by atoms with E-state index in [9.17, 15) is 14.4 Å². The smallest absolute Gasteiger partial charge is 0.308 e. The molecule has 1 aliphatic heterocycles. The van der Waals surface area contributed by atoms with E-state index in [-0.39, 0.29) is 11.6 Å². The van der Waals surface area contributed by atoms with Crippen molar-refractivity contribution in [3.8, 4) is 11.5 Å². The fraction of sp³-hybridized carbons (Fsp3) is 0.353. The van der Waals surface area contributed by atoms with E-state index in [0.717, 1.165) is 6.92 Å². The normalized spacial score (nSPS) is 19.3. The molecule has 2 rings (SSSR count). The third-order valence-electron chi connectivity index (χ3n) is 3.60. The van der Waals surface area contributed by atoms with Gasteiger partial charge in [0.25, 0.3) is 5.78 Å². The first kappa shape index (κ1) is 18.3. The molecule has 8 heteroatoms. The van der Waals surface area contributed by atoms with Gasteiger partial charge >= 0.3 is 5.97 Å². The molecule has 1 atom stereocenters. The summed E-state index contributed by atoms with van der Waals surface area (Å²) in [5, 5.41) is 2.37. The van der Waals surface area contributed by atoms with Gasteiger partial charge in [-0.25, -0.2) is 0 Å². The summed E-state index contributed by atoms with van der Waals surface area (Å²) in [6.07, 6.45) is 0. The molecule has 0 bridgehead atoms. The fourth-order valence-electron chi connectivity index (χ4n) is 2.54. The molecule has 1 aromatic rings. The van der Waals surface area contributed by atoms with Crippen LogP contribution in [0, 0.1) is 0 Å². The number of methoxy groups -OCH3 is 2. The van der Waals surface area contributed by atoms with Gasteiger partial charge in [-0.3, -0.25) is 19.7 Å². The van der Waals surface area contributed by atoms with Crippen LogP contribution in [0.1, 0.15) is 26.3 Å². The summed E-state index contributed by atoms with van der Waals surface area (Å²) in [6, 6.07) is 4.96. The third-order valence-corrected chi connectivity index (χ3v) is 3.60. The maximum Gasteiger partial charge on any atom is 0.308 e. The highest BCUT2D eigenvalue weighted by Crippen LogP contribution is 2.45. The van der Waals surface area contributed by atoms with Crippen LogP contribution >= 0.6 is 0 Å². The number of amides is 1. The van der Waals surface area contributed by atoms with E-state index in [1.54, 1.807) is 18.2 Å². The number of esters is 1. The van der Waals surface area contributed by atoms with Crippen molar-refractivity contribution in [2.45, 2.75) is 26.4 Å². The van der Waals surface area contributed by atoms with Gasteiger partial charge < -0.3 is 18.9 Å². The van der Waals surface area contributed by atoms with E-state index in [4.69, 9.17) is 18.9 Å². The van der Waals surface area contributed by atoms with Crippen molar-refractivity contribution in [2.75, 3.05) is 14.2 Å². The summed E-state index contributed by atoms with van der Waals surface area (Å²) in [5.41, 5.74) is -1.20. The lowest BCUT2D eigenvalue weighted by atomic mass is 9.90. The van der Waals surface area contributed by atoms with E-state index in [2.05, 4.69) is 5.32 Å². The molecule has 8 nitrogen and oxygen atoms in total. The van der Waals surface area contributed by atoms with E-state index in [0.29, 0.717) is 17.1 Å². The molecular formula is C17H19NO7. The van der Waals surface area contributed by atoms with Gasteiger partial charge in [-0.2, -0.15) is 0 Å². The van der Waals surface area contributed by atoms with Crippen molar-refractivity contribution in [1.82, 2.24) is 5.32 Å². The number of para-hydroxylation sites is 1. The zero-order valence-corrected chi connectivity index (χ0v) is 14.6. The van der Waals surface area contributed by atoms with E-state index in [1.165, 1.54) is 28.1 Å². The van der Waals surface area contributed by atoms with Gasteiger partial charge in [-0.05, 0) is 13.0 Å². The first-order valence-electron chi connectivity index (χ1n) is 7.40. The molecule has 1 heterocycles. The molecule has 1 unspecified atom stereocenters. The number of Topliss-reactive ketones (excluding diaryl/α,β-unsaturated/α-hetero) is 1. The molecule has 0 aromatic heterocycles. The Bertz CT molecular complexity index is 768. The van der Waals surface area contributed by atoms with Crippen LogP contribution in [-0.2, 0) is 29.5 Å². The molecule has 25 heavy (non-hydrogen) atoms. The summed E-state index contributed by atoms with van der Waals surface area (Å²) < 4.78 is 21.3. The molecule has 0 saturated carbocycles. The molecule has 0 aliphatic carbocycles. The minimum absolute atomic E-state index is 0.222. The van der Waals surface area contributed by atoms with Gasteiger partial charge in [0.15, 0.2) is 11.5 Å². The van der Waals surface area contributed by atoms with Gasteiger partial charge in [0.05, 0.1) is 14.2 Å². The SMILES string of the molecule is COc1cccc(C2(C)OC(NC(C)=O)=C(OC(C)=O)C2=O)c1OC. The van der Waals surface area contributed by atoms with Gasteiger partial charge in [0.2, 0.25) is 23.2 Å². The Morgan fingerprint density at radius 3 is 2.36 bits per heavy atom. The maximum absolute atomic E-state index is 12.9. The highest BCUT2D eigenvalue weighted by atomic mass is 16.6. The molecule has 134 valence electrons. The second-order valence-electron chi connectivity index (χ2n) is 5.44. The van der Waals surface area contributed by atoms with Crippen LogP contribution in [0.15, 0.2) is 29.8 Å². The topological polar surface area (TPSA) is 100 Å². The van der Waals surface area contributed by atoms with E-state index < -0.39 is 23.3 Å². The molecule has 0 spiro atoms. The van der Waals surface area contributed by atoms with Crippen LogP contribution in [0.2, 0.25) is 0 Å². The largest absolute Gasteiger partial charge is 0.493 e. The van der Waals surface area contributed by atoms with Crippen molar-refractivity contribution in [2.24, 2.45) is 0 Å². The molecule has 1 aromatic carbocycles. The maximum atomic E-state index is 12.9. The van der Waals surface area contributed by atoms with Crippen LogP contribution in [0.25, 0.3) is 0 Å². The molecule has 1 N–H and O–H groups in total. The van der Waals surface area contributed by atoms with E-state index in [1.807, 2.05) is 0 Å². The zero-order valence-electron chi connectivity index (χ0n) is 14.6. The summed E-state index contributed by atoms with van der Waals surface area (Å²) in [5.74, 6) is -1.70. The summed E-state index contributed by atoms with van der Waals surface area (Å²) in [7, 11) is 2.89. The second-order valence-corrected chi connectivity index (χ2v) is 5.44. The number of benzene rings is 1. The standard InChI is InChI=1S/C17H19NO7/c1-9(19)18-16-14(24-10(2)20)15(21)17(3,25-16)11-7-6-8-12(22-4)13(11)23-5/h6-8H,1-5H3,(H,18,19). The Morgan fingerprint density at radius 2 is 1.84 bits per heavy atom. The lowest BCUT2D eigenvalue weighted by Crippen LogP contribution is -2.33. The number of carbonyl (C=O) groups is 3. The number of ketones is 1.